The Morgan fingerprint density at radius 1 is 1.56 bits per heavy atom. The summed E-state index contributed by atoms with van der Waals surface area (Å²) in [5.41, 5.74) is 0. The third-order valence-electron chi connectivity index (χ3n) is 0.993. The Morgan fingerprint density at radius 3 is 3.22 bits per heavy atom. The zero-order valence-corrected chi connectivity index (χ0v) is 7.52. The molecule has 2 aromatic rings. The largest absolute Gasteiger partial charge is 0.218 e. The molecule has 0 bridgehead atoms. The second-order valence-corrected chi connectivity index (χ2v) is 4.76. The van der Waals surface area contributed by atoms with Crippen molar-refractivity contribution in [2.75, 3.05) is 0 Å². The van der Waals surface area contributed by atoms with Crippen LogP contribution in [0.25, 0.3) is 9.53 Å². The predicted molar refractivity (Wildman–Crippen MR) is 45.2 cm³/mol. The van der Waals surface area contributed by atoms with Crippen LogP contribution in [0.4, 0.5) is 0 Å². The number of hydrogen-bond acceptors (Lipinski definition) is 3. The quantitative estimate of drug-likeness (QED) is 0.664. The van der Waals surface area contributed by atoms with Gasteiger partial charge in [0.1, 0.15) is 4.83 Å². The van der Waals surface area contributed by atoms with Crippen LogP contribution in [0.5, 0.6) is 0 Å². The second-order valence-electron chi connectivity index (χ2n) is 1.56. The predicted octanol–water partition coefficient (Wildman–Crippen LogP) is 3.12. The summed E-state index contributed by atoms with van der Waals surface area (Å²) < 4.78 is 2.25. The molecule has 0 aliphatic heterocycles. The molecule has 0 radical (unpaired) electrons. The first-order valence-electron chi connectivity index (χ1n) is 2.36. The standard InChI is InChI=1S/C5H2BrNS2/c6-5-7-4-3(9-5)1-2-8-4/h1-2H. The van der Waals surface area contributed by atoms with Crippen molar-refractivity contribution in [2.24, 2.45) is 0 Å². The Labute approximate surface area is 68.5 Å². The fourth-order valence-electron chi connectivity index (χ4n) is 0.642. The molecule has 46 valence electrons. The van der Waals surface area contributed by atoms with Gasteiger partial charge in [-0.2, -0.15) is 0 Å². The number of thiophene rings is 1. The van der Waals surface area contributed by atoms with Gasteiger partial charge in [-0.05, 0) is 27.4 Å². The molecule has 0 saturated carbocycles. The first kappa shape index (κ1) is 5.82. The number of nitrogens with zero attached hydrogens (tertiary/aromatic N) is 1. The lowest BCUT2D eigenvalue weighted by atomic mass is 10.6. The lowest BCUT2D eigenvalue weighted by molar-refractivity contribution is 1.48. The Balaban J connectivity index is 2.92. The maximum absolute atomic E-state index is 4.23. The lowest BCUT2D eigenvalue weighted by Crippen LogP contribution is -1.52. The van der Waals surface area contributed by atoms with Crippen LogP contribution < -0.4 is 0 Å². The number of fused-ring (bicyclic) bond motifs is 1. The Kier molecular flexibility index (Phi) is 1.32. The van der Waals surface area contributed by atoms with Crippen molar-refractivity contribution in [1.82, 2.24) is 4.98 Å². The molecule has 0 saturated heterocycles. The fraction of sp³-hybridized carbons (Fsp3) is 0. The van der Waals surface area contributed by atoms with Crippen molar-refractivity contribution in [1.29, 1.82) is 0 Å². The second kappa shape index (κ2) is 2.04. The third-order valence-corrected chi connectivity index (χ3v) is 3.40. The van der Waals surface area contributed by atoms with Crippen molar-refractivity contribution in [3.63, 3.8) is 0 Å². The first-order valence-corrected chi connectivity index (χ1v) is 4.85. The van der Waals surface area contributed by atoms with Gasteiger partial charge in [0, 0.05) is 0 Å². The number of halogens is 1. The summed E-state index contributed by atoms with van der Waals surface area (Å²) >= 11 is 6.67. The highest BCUT2D eigenvalue weighted by atomic mass is 79.9. The molecule has 2 aromatic heterocycles. The molecule has 9 heavy (non-hydrogen) atoms. The monoisotopic (exact) mass is 219 g/mol. The minimum atomic E-state index is 0.976. The summed E-state index contributed by atoms with van der Waals surface area (Å²) in [6.07, 6.45) is 0. The SMILES string of the molecule is Brc1nc2sccc2s1. The van der Waals surface area contributed by atoms with Gasteiger partial charge in [-0.15, -0.1) is 22.7 Å². The summed E-state index contributed by atoms with van der Waals surface area (Å²) in [6.45, 7) is 0. The van der Waals surface area contributed by atoms with Crippen LogP contribution in [-0.2, 0) is 0 Å². The van der Waals surface area contributed by atoms with Gasteiger partial charge in [0.2, 0.25) is 0 Å². The van der Waals surface area contributed by atoms with Crippen LogP contribution in [0.2, 0.25) is 0 Å². The highest BCUT2D eigenvalue weighted by molar-refractivity contribution is 9.11. The van der Waals surface area contributed by atoms with E-state index in [0.29, 0.717) is 0 Å². The van der Waals surface area contributed by atoms with Crippen LogP contribution in [0.1, 0.15) is 0 Å². The summed E-state index contributed by atoms with van der Waals surface area (Å²) in [5.74, 6) is 0. The van der Waals surface area contributed by atoms with Gasteiger partial charge in [-0.3, -0.25) is 0 Å². The zero-order valence-electron chi connectivity index (χ0n) is 4.30. The Morgan fingerprint density at radius 2 is 2.44 bits per heavy atom. The maximum atomic E-state index is 4.23. The summed E-state index contributed by atoms with van der Waals surface area (Å²) in [5, 5.41) is 2.06. The van der Waals surface area contributed by atoms with Gasteiger partial charge in [-0.1, -0.05) is 0 Å². The maximum Gasteiger partial charge on any atom is 0.161 e. The molecule has 0 amide bonds. The van der Waals surface area contributed by atoms with E-state index in [2.05, 4.69) is 32.4 Å². The molecular weight excluding hydrogens is 218 g/mol. The molecule has 4 heteroatoms. The normalized spacial score (nSPS) is 10.8. The van der Waals surface area contributed by atoms with Gasteiger partial charge >= 0.3 is 0 Å². The Hall–Kier alpha value is 0.0700. The summed E-state index contributed by atoms with van der Waals surface area (Å²) in [4.78, 5) is 5.36. The number of aromatic nitrogens is 1. The average Bonchev–Trinajstić information content (AvgIpc) is 2.22. The number of hydrogen-bond donors (Lipinski definition) is 0. The topological polar surface area (TPSA) is 12.9 Å². The lowest BCUT2D eigenvalue weighted by Gasteiger charge is -1.66. The minimum absolute atomic E-state index is 0.976. The van der Waals surface area contributed by atoms with Crippen LogP contribution in [-0.4, -0.2) is 4.98 Å². The number of thiazole rings is 1. The summed E-state index contributed by atoms with van der Waals surface area (Å²) in [7, 11) is 0. The molecule has 0 aliphatic rings. The molecule has 0 aromatic carbocycles. The van der Waals surface area contributed by atoms with E-state index in [-0.39, 0.29) is 0 Å². The van der Waals surface area contributed by atoms with Crippen molar-refractivity contribution < 1.29 is 0 Å². The van der Waals surface area contributed by atoms with Crippen LogP contribution >= 0.6 is 38.6 Å². The fourth-order valence-corrected chi connectivity index (χ4v) is 3.12. The van der Waals surface area contributed by atoms with Gasteiger partial charge in [0.05, 0.1) is 4.70 Å². The molecule has 0 aliphatic carbocycles. The van der Waals surface area contributed by atoms with Crippen molar-refractivity contribution in [3.05, 3.63) is 15.4 Å². The van der Waals surface area contributed by atoms with Gasteiger partial charge in [0.25, 0.3) is 0 Å². The van der Waals surface area contributed by atoms with E-state index in [0.717, 1.165) is 8.75 Å². The van der Waals surface area contributed by atoms with Crippen molar-refractivity contribution in [3.8, 4) is 0 Å². The van der Waals surface area contributed by atoms with Crippen LogP contribution in [0.3, 0.4) is 0 Å². The molecule has 0 N–H and O–H groups in total. The van der Waals surface area contributed by atoms with E-state index in [1.165, 1.54) is 4.70 Å². The van der Waals surface area contributed by atoms with E-state index >= 15 is 0 Å². The zero-order chi connectivity index (χ0) is 6.27. The van der Waals surface area contributed by atoms with E-state index in [1.54, 1.807) is 22.7 Å². The minimum Gasteiger partial charge on any atom is -0.218 e. The third kappa shape index (κ3) is 0.911. The highest BCUT2D eigenvalue weighted by Crippen LogP contribution is 2.29. The van der Waals surface area contributed by atoms with E-state index in [1.807, 2.05) is 0 Å². The van der Waals surface area contributed by atoms with Gasteiger partial charge < -0.3 is 0 Å². The smallest absolute Gasteiger partial charge is 0.161 e. The average molecular weight is 220 g/mol. The molecule has 0 unspecified atom stereocenters. The van der Waals surface area contributed by atoms with E-state index < -0.39 is 0 Å². The van der Waals surface area contributed by atoms with Gasteiger partial charge in [-0.25, -0.2) is 4.98 Å². The Bertz CT molecular complexity index is 296. The van der Waals surface area contributed by atoms with Crippen LogP contribution in [0.15, 0.2) is 15.4 Å². The molecule has 0 atom stereocenters. The molecule has 2 heterocycles. The summed E-state index contributed by atoms with van der Waals surface area (Å²) in [6, 6.07) is 2.09. The van der Waals surface area contributed by atoms with Gasteiger partial charge in [0.15, 0.2) is 3.92 Å². The van der Waals surface area contributed by atoms with Crippen molar-refractivity contribution in [2.45, 2.75) is 0 Å². The first-order chi connectivity index (χ1) is 4.36. The van der Waals surface area contributed by atoms with E-state index in [9.17, 15) is 0 Å². The molecule has 1 nitrogen and oxygen atoms in total. The number of rotatable bonds is 0. The molecule has 2 rings (SSSR count). The van der Waals surface area contributed by atoms with Crippen molar-refractivity contribution >= 4 is 48.1 Å². The molecule has 0 spiro atoms. The highest BCUT2D eigenvalue weighted by Gasteiger charge is 1.99. The molecular formula is C5H2BrNS2. The van der Waals surface area contributed by atoms with E-state index in [4.69, 9.17) is 0 Å². The van der Waals surface area contributed by atoms with Crippen LogP contribution in [0, 0.1) is 0 Å². The molecule has 0 fully saturated rings.